The van der Waals surface area contributed by atoms with Gasteiger partial charge in [-0.3, -0.25) is 9.38 Å². The minimum absolute atomic E-state index is 0.947. The Labute approximate surface area is 194 Å². The number of pyridine rings is 2. The highest BCUT2D eigenvalue weighted by Crippen LogP contribution is 2.38. The third kappa shape index (κ3) is 2.22. The number of aromatic nitrogens is 4. The average molecular weight is 435 g/mol. The summed E-state index contributed by atoms with van der Waals surface area (Å²) in [7, 11) is 0. The molecule has 0 aliphatic carbocycles. The topological polar surface area (TPSA) is 35.1 Å². The lowest BCUT2D eigenvalue weighted by Crippen LogP contribution is -1.95. The minimum Gasteiger partial charge on any atom is -0.309 e. The van der Waals surface area contributed by atoms with E-state index >= 15 is 0 Å². The molecule has 0 saturated carbocycles. The monoisotopic (exact) mass is 434 g/mol. The molecule has 0 unspecified atom stereocenters. The quantitative estimate of drug-likeness (QED) is 0.254. The van der Waals surface area contributed by atoms with Crippen molar-refractivity contribution in [1.29, 1.82) is 0 Å². The lowest BCUT2D eigenvalue weighted by atomic mass is 10.0. The molecule has 8 rings (SSSR count). The number of rotatable bonds is 1. The second-order valence-corrected chi connectivity index (χ2v) is 8.76. The molecule has 4 aromatic carbocycles. The average Bonchev–Trinajstić information content (AvgIpc) is 3.44. The van der Waals surface area contributed by atoms with Crippen LogP contribution in [0.3, 0.4) is 0 Å². The van der Waals surface area contributed by atoms with E-state index in [0.717, 1.165) is 33.3 Å². The van der Waals surface area contributed by atoms with E-state index in [1.807, 2.05) is 18.5 Å². The number of benzene rings is 4. The van der Waals surface area contributed by atoms with Crippen LogP contribution in [0.5, 0.6) is 0 Å². The maximum absolute atomic E-state index is 5.01. The van der Waals surface area contributed by atoms with Crippen LogP contribution in [-0.4, -0.2) is 18.9 Å². The van der Waals surface area contributed by atoms with Gasteiger partial charge in [-0.15, -0.1) is 0 Å². The van der Waals surface area contributed by atoms with Gasteiger partial charge in [-0.25, -0.2) is 4.98 Å². The molecular weight excluding hydrogens is 416 g/mol. The van der Waals surface area contributed by atoms with Gasteiger partial charge >= 0.3 is 0 Å². The van der Waals surface area contributed by atoms with Gasteiger partial charge in [-0.05, 0) is 53.9 Å². The molecule has 0 saturated heterocycles. The fourth-order valence-corrected chi connectivity index (χ4v) is 5.52. The van der Waals surface area contributed by atoms with Crippen LogP contribution in [-0.2, 0) is 0 Å². The molecule has 0 radical (unpaired) electrons. The Morgan fingerprint density at radius 2 is 1.26 bits per heavy atom. The zero-order valence-corrected chi connectivity index (χ0v) is 18.2. The molecule has 0 atom stereocenters. The van der Waals surface area contributed by atoms with Gasteiger partial charge in [0.2, 0.25) is 0 Å². The molecule has 4 aromatic heterocycles. The van der Waals surface area contributed by atoms with Crippen LogP contribution in [0.15, 0.2) is 109 Å². The SMILES string of the molecule is c1ccc(-n2c3ccccc3c3cc4c(cc32)c2ccncc2c2nc3ccccc3n42)cc1. The molecule has 0 bridgehead atoms. The van der Waals surface area contributed by atoms with Crippen LogP contribution >= 0.6 is 0 Å². The summed E-state index contributed by atoms with van der Waals surface area (Å²) in [5.74, 6) is 0. The molecule has 0 fully saturated rings. The zero-order chi connectivity index (χ0) is 22.2. The summed E-state index contributed by atoms with van der Waals surface area (Å²) >= 11 is 0. The third-order valence-electron chi connectivity index (χ3n) is 6.96. The van der Waals surface area contributed by atoms with Crippen molar-refractivity contribution in [2.24, 2.45) is 0 Å². The lowest BCUT2D eigenvalue weighted by molar-refractivity contribution is 1.18. The molecule has 34 heavy (non-hydrogen) atoms. The van der Waals surface area contributed by atoms with Gasteiger partial charge in [0.15, 0.2) is 0 Å². The summed E-state index contributed by atoms with van der Waals surface area (Å²) in [6, 6.07) is 34.4. The summed E-state index contributed by atoms with van der Waals surface area (Å²) in [5.41, 5.74) is 7.77. The molecule has 0 amide bonds. The molecule has 0 spiro atoms. The molecule has 8 aromatic rings. The number of fused-ring (bicyclic) bond motifs is 11. The van der Waals surface area contributed by atoms with Crippen LogP contribution in [0.4, 0.5) is 0 Å². The molecular formula is C30H18N4. The van der Waals surface area contributed by atoms with Crippen molar-refractivity contribution in [2.45, 2.75) is 0 Å². The first-order valence-corrected chi connectivity index (χ1v) is 11.4. The Hall–Kier alpha value is -4.70. The maximum atomic E-state index is 5.01. The predicted octanol–water partition coefficient (Wildman–Crippen LogP) is 7.29. The van der Waals surface area contributed by atoms with E-state index in [0.29, 0.717) is 0 Å². The smallest absolute Gasteiger partial charge is 0.147 e. The Bertz CT molecular complexity index is 2060. The first kappa shape index (κ1) is 17.8. The highest BCUT2D eigenvalue weighted by atomic mass is 15.0. The van der Waals surface area contributed by atoms with Crippen LogP contribution in [0.1, 0.15) is 0 Å². The van der Waals surface area contributed by atoms with Crippen LogP contribution in [0.2, 0.25) is 0 Å². The maximum Gasteiger partial charge on any atom is 0.147 e. The first-order chi connectivity index (χ1) is 16.9. The first-order valence-electron chi connectivity index (χ1n) is 11.4. The third-order valence-corrected chi connectivity index (χ3v) is 6.96. The molecule has 158 valence electrons. The van der Waals surface area contributed by atoms with Gasteiger partial charge in [0.1, 0.15) is 5.65 Å². The van der Waals surface area contributed by atoms with Crippen molar-refractivity contribution < 1.29 is 0 Å². The molecule has 4 heteroatoms. The Kier molecular flexibility index (Phi) is 3.36. The van der Waals surface area contributed by atoms with E-state index in [1.165, 1.54) is 32.6 Å². The van der Waals surface area contributed by atoms with E-state index in [2.05, 4.69) is 105 Å². The summed E-state index contributed by atoms with van der Waals surface area (Å²) < 4.78 is 4.66. The Morgan fingerprint density at radius 3 is 2.18 bits per heavy atom. The van der Waals surface area contributed by atoms with Gasteiger partial charge in [0.25, 0.3) is 0 Å². The number of hydrogen-bond donors (Lipinski definition) is 0. The van der Waals surface area contributed by atoms with Crippen LogP contribution in [0.25, 0.3) is 65.8 Å². The van der Waals surface area contributed by atoms with Crippen LogP contribution < -0.4 is 0 Å². The number of imidazole rings is 1. The zero-order valence-electron chi connectivity index (χ0n) is 18.2. The van der Waals surface area contributed by atoms with E-state index in [1.54, 1.807) is 0 Å². The fraction of sp³-hybridized carbons (Fsp3) is 0. The van der Waals surface area contributed by atoms with Crippen molar-refractivity contribution in [1.82, 2.24) is 18.9 Å². The standard InChI is InChI=1S/C30H18N4/c1-2-8-19(9-3-1)33-26-12-6-4-10-21(26)23-17-29-22(16-28(23)33)20-14-15-31-18-24(20)30-32-25-11-5-7-13-27(25)34(29)30/h1-18H. The second-order valence-electron chi connectivity index (χ2n) is 8.76. The predicted molar refractivity (Wildman–Crippen MR) is 140 cm³/mol. The summed E-state index contributed by atoms with van der Waals surface area (Å²) in [4.78, 5) is 9.45. The summed E-state index contributed by atoms with van der Waals surface area (Å²) in [6.07, 6.45) is 3.81. The van der Waals surface area contributed by atoms with Crippen molar-refractivity contribution in [2.75, 3.05) is 0 Å². The van der Waals surface area contributed by atoms with Gasteiger partial charge in [-0.1, -0.05) is 48.5 Å². The van der Waals surface area contributed by atoms with Gasteiger partial charge in [0, 0.05) is 39.6 Å². The minimum atomic E-state index is 0.947. The fourth-order valence-electron chi connectivity index (χ4n) is 5.52. The van der Waals surface area contributed by atoms with E-state index in [4.69, 9.17) is 4.98 Å². The van der Waals surface area contributed by atoms with Crippen molar-refractivity contribution in [3.05, 3.63) is 109 Å². The van der Waals surface area contributed by atoms with Crippen molar-refractivity contribution in [3.8, 4) is 5.69 Å². The van der Waals surface area contributed by atoms with E-state index < -0.39 is 0 Å². The number of para-hydroxylation sites is 4. The second kappa shape index (κ2) is 6.42. The number of nitrogens with zero attached hydrogens (tertiary/aromatic N) is 4. The molecule has 4 heterocycles. The molecule has 0 aliphatic heterocycles. The van der Waals surface area contributed by atoms with Crippen molar-refractivity contribution >= 4 is 60.2 Å². The molecule has 4 nitrogen and oxygen atoms in total. The Balaban J connectivity index is 1.68. The summed E-state index contributed by atoms with van der Waals surface area (Å²) in [6.45, 7) is 0. The lowest BCUT2D eigenvalue weighted by Gasteiger charge is -2.11. The van der Waals surface area contributed by atoms with E-state index in [-0.39, 0.29) is 0 Å². The normalized spacial score (nSPS) is 12.1. The summed E-state index contributed by atoms with van der Waals surface area (Å²) in [5, 5.41) is 5.91. The highest BCUT2D eigenvalue weighted by molar-refractivity contribution is 6.20. The van der Waals surface area contributed by atoms with Gasteiger partial charge < -0.3 is 4.57 Å². The largest absolute Gasteiger partial charge is 0.309 e. The van der Waals surface area contributed by atoms with E-state index in [9.17, 15) is 0 Å². The van der Waals surface area contributed by atoms with Crippen LogP contribution in [0, 0.1) is 0 Å². The molecule has 0 N–H and O–H groups in total. The van der Waals surface area contributed by atoms with Gasteiger partial charge in [0.05, 0.1) is 27.6 Å². The molecule has 0 aliphatic rings. The van der Waals surface area contributed by atoms with Crippen molar-refractivity contribution in [3.63, 3.8) is 0 Å². The highest BCUT2D eigenvalue weighted by Gasteiger charge is 2.18. The Morgan fingerprint density at radius 1 is 0.529 bits per heavy atom. The van der Waals surface area contributed by atoms with Gasteiger partial charge in [-0.2, -0.15) is 0 Å². The number of hydrogen-bond acceptors (Lipinski definition) is 2.